The van der Waals surface area contributed by atoms with Crippen LogP contribution < -0.4 is 10.9 Å². The second-order valence-corrected chi connectivity index (χ2v) is 7.74. The summed E-state index contributed by atoms with van der Waals surface area (Å²) in [5, 5.41) is 12.6. The Bertz CT molecular complexity index is 1280. The molecule has 0 bridgehead atoms. The first-order valence-corrected chi connectivity index (χ1v) is 10.3. The minimum absolute atomic E-state index is 0.0873. The lowest BCUT2D eigenvalue weighted by Crippen LogP contribution is -2.25. The van der Waals surface area contributed by atoms with Crippen LogP contribution in [0.4, 0.5) is 0 Å². The Labute approximate surface area is 179 Å². The summed E-state index contributed by atoms with van der Waals surface area (Å²) in [4.78, 5) is 28.0. The molecule has 0 aliphatic heterocycles. The Morgan fingerprint density at radius 1 is 1.16 bits per heavy atom. The van der Waals surface area contributed by atoms with Crippen LogP contribution in [-0.4, -0.2) is 30.5 Å². The van der Waals surface area contributed by atoms with Crippen molar-refractivity contribution < 1.29 is 4.79 Å². The first-order chi connectivity index (χ1) is 14.9. The largest absolute Gasteiger partial charge is 0.352 e. The number of pyridine rings is 1. The lowest BCUT2D eigenvalue weighted by molar-refractivity contribution is -0.121. The minimum Gasteiger partial charge on any atom is -0.352 e. The van der Waals surface area contributed by atoms with Crippen LogP contribution in [0.25, 0.3) is 11.0 Å². The van der Waals surface area contributed by atoms with Crippen molar-refractivity contribution in [2.75, 3.05) is 0 Å². The van der Waals surface area contributed by atoms with Crippen LogP contribution in [0.1, 0.15) is 34.4 Å². The molecule has 0 saturated carbocycles. The first-order valence-electron chi connectivity index (χ1n) is 10.3. The second-order valence-electron chi connectivity index (χ2n) is 7.74. The Kier molecular flexibility index (Phi) is 5.70. The quantitative estimate of drug-likeness (QED) is 0.481. The van der Waals surface area contributed by atoms with Crippen molar-refractivity contribution in [2.24, 2.45) is 7.05 Å². The molecule has 160 valence electrons. The van der Waals surface area contributed by atoms with E-state index in [-0.39, 0.29) is 17.9 Å². The van der Waals surface area contributed by atoms with Gasteiger partial charge in [-0.3, -0.25) is 19.0 Å². The molecule has 8 heteroatoms. The fraction of sp³-hybridized carbons (Fsp3) is 0.304. The summed E-state index contributed by atoms with van der Waals surface area (Å²) in [6.45, 7) is 4.93. The van der Waals surface area contributed by atoms with Crippen molar-refractivity contribution in [3.8, 4) is 0 Å². The van der Waals surface area contributed by atoms with Crippen LogP contribution in [-0.2, 0) is 31.4 Å². The zero-order valence-electron chi connectivity index (χ0n) is 18.0. The van der Waals surface area contributed by atoms with E-state index in [2.05, 4.69) is 20.5 Å². The van der Waals surface area contributed by atoms with Gasteiger partial charge in [0.25, 0.3) is 5.56 Å². The van der Waals surface area contributed by atoms with E-state index in [4.69, 9.17) is 0 Å². The van der Waals surface area contributed by atoms with Crippen molar-refractivity contribution in [1.29, 1.82) is 0 Å². The highest BCUT2D eigenvalue weighted by atomic mass is 16.1. The topological polar surface area (TPSA) is 97.6 Å². The van der Waals surface area contributed by atoms with Crippen LogP contribution in [0.2, 0.25) is 0 Å². The summed E-state index contributed by atoms with van der Waals surface area (Å²) in [7, 11) is 1.81. The molecule has 31 heavy (non-hydrogen) atoms. The molecule has 1 aromatic carbocycles. The molecule has 3 heterocycles. The van der Waals surface area contributed by atoms with Crippen LogP contribution in [0.15, 0.2) is 47.5 Å². The summed E-state index contributed by atoms with van der Waals surface area (Å²) in [5.41, 5.74) is 5.10. The monoisotopic (exact) mass is 418 g/mol. The Balaban J connectivity index is 1.42. The van der Waals surface area contributed by atoms with Crippen molar-refractivity contribution in [3.05, 3.63) is 81.0 Å². The van der Waals surface area contributed by atoms with Gasteiger partial charge in [-0.1, -0.05) is 24.3 Å². The van der Waals surface area contributed by atoms with E-state index in [0.29, 0.717) is 30.7 Å². The Hall–Kier alpha value is -3.68. The summed E-state index contributed by atoms with van der Waals surface area (Å²) >= 11 is 0. The molecule has 2 N–H and O–H groups in total. The molecule has 8 nitrogen and oxygen atoms in total. The van der Waals surface area contributed by atoms with E-state index < -0.39 is 0 Å². The van der Waals surface area contributed by atoms with E-state index >= 15 is 0 Å². The van der Waals surface area contributed by atoms with E-state index in [0.717, 1.165) is 27.8 Å². The van der Waals surface area contributed by atoms with Gasteiger partial charge in [0.05, 0.1) is 12.2 Å². The third-order valence-corrected chi connectivity index (χ3v) is 5.64. The van der Waals surface area contributed by atoms with Crippen molar-refractivity contribution in [3.63, 3.8) is 0 Å². The highest BCUT2D eigenvalue weighted by Gasteiger charge is 2.16. The lowest BCUT2D eigenvalue weighted by Gasteiger charge is -2.11. The Morgan fingerprint density at radius 2 is 1.94 bits per heavy atom. The fourth-order valence-electron chi connectivity index (χ4n) is 4.03. The number of hydrogen-bond acceptors (Lipinski definition) is 4. The van der Waals surface area contributed by atoms with E-state index in [1.54, 1.807) is 10.9 Å². The minimum atomic E-state index is -0.162. The molecule has 0 saturated heterocycles. The van der Waals surface area contributed by atoms with Crippen LogP contribution in [0.5, 0.6) is 0 Å². The highest BCUT2D eigenvalue weighted by Crippen LogP contribution is 2.21. The van der Waals surface area contributed by atoms with Gasteiger partial charge in [0.1, 0.15) is 5.65 Å². The van der Waals surface area contributed by atoms with Gasteiger partial charge in [0, 0.05) is 43.4 Å². The van der Waals surface area contributed by atoms with Gasteiger partial charge in [-0.05, 0) is 43.0 Å². The second kappa shape index (κ2) is 8.59. The fourth-order valence-corrected chi connectivity index (χ4v) is 4.03. The number of fused-ring (bicyclic) bond motifs is 1. The number of carbonyl (C=O) groups excluding carboxylic acids is 1. The molecule has 0 fully saturated rings. The number of rotatable bonds is 7. The standard InChI is InChI=1S/C23H26N6O2/c1-15-19(23(31)26-22-21(15)16(2)27-28(22)3)9-10-20(30)24-13-17-7-4-5-8-18(17)14-29-12-6-11-25-29/h4-8,11-12H,9-10,13-14H2,1-3H3,(H,24,30)(H,26,31). The number of nitrogens with zero attached hydrogens (tertiary/aromatic N) is 4. The predicted molar refractivity (Wildman–Crippen MR) is 119 cm³/mol. The number of H-pyrrole nitrogens is 1. The number of carbonyl (C=O) groups is 1. The normalized spacial score (nSPS) is 11.2. The molecule has 0 aliphatic rings. The van der Waals surface area contributed by atoms with Crippen molar-refractivity contribution in [2.45, 2.75) is 39.8 Å². The van der Waals surface area contributed by atoms with Gasteiger partial charge >= 0.3 is 0 Å². The summed E-state index contributed by atoms with van der Waals surface area (Å²) < 4.78 is 3.53. The third-order valence-electron chi connectivity index (χ3n) is 5.64. The predicted octanol–water partition coefficient (Wildman–Crippen LogP) is 2.37. The average Bonchev–Trinajstić information content (AvgIpc) is 3.34. The molecule has 1 amide bonds. The number of aromatic amines is 1. The maximum Gasteiger partial charge on any atom is 0.253 e. The molecule has 4 rings (SSSR count). The maximum absolute atomic E-state index is 12.6. The molecular formula is C23H26N6O2. The molecule has 0 spiro atoms. The molecule has 0 atom stereocenters. The van der Waals surface area contributed by atoms with E-state index in [1.807, 2.05) is 62.1 Å². The molecule has 0 aliphatic carbocycles. The van der Waals surface area contributed by atoms with Gasteiger partial charge in [0.15, 0.2) is 0 Å². The van der Waals surface area contributed by atoms with Gasteiger partial charge in [0.2, 0.25) is 5.91 Å². The summed E-state index contributed by atoms with van der Waals surface area (Å²) in [6, 6.07) is 9.88. The number of amides is 1. The number of hydrogen-bond donors (Lipinski definition) is 2. The summed E-state index contributed by atoms with van der Waals surface area (Å²) in [6.07, 6.45) is 4.29. The molecule has 0 radical (unpaired) electrons. The van der Waals surface area contributed by atoms with Crippen LogP contribution in [0.3, 0.4) is 0 Å². The van der Waals surface area contributed by atoms with E-state index in [1.165, 1.54) is 0 Å². The van der Waals surface area contributed by atoms with Gasteiger partial charge in [-0.2, -0.15) is 10.2 Å². The van der Waals surface area contributed by atoms with Crippen LogP contribution >= 0.6 is 0 Å². The third kappa shape index (κ3) is 4.28. The number of aryl methyl sites for hydroxylation is 3. The summed E-state index contributed by atoms with van der Waals surface area (Å²) in [5.74, 6) is -0.0873. The zero-order valence-corrected chi connectivity index (χ0v) is 18.0. The van der Waals surface area contributed by atoms with Gasteiger partial charge in [-0.25, -0.2) is 0 Å². The lowest BCUT2D eigenvalue weighted by atomic mass is 10.0. The number of nitrogens with one attached hydrogen (secondary N) is 2. The van der Waals surface area contributed by atoms with E-state index in [9.17, 15) is 9.59 Å². The molecule has 0 unspecified atom stereocenters. The van der Waals surface area contributed by atoms with Crippen LogP contribution in [0, 0.1) is 13.8 Å². The zero-order chi connectivity index (χ0) is 22.0. The smallest absolute Gasteiger partial charge is 0.253 e. The first kappa shape index (κ1) is 20.6. The SMILES string of the molecule is Cc1nn(C)c2[nH]c(=O)c(CCC(=O)NCc3ccccc3Cn3cccn3)c(C)c12. The van der Waals surface area contributed by atoms with Crippen molar-refractivity contribution in [1.82, 2.24) is 29.9 Å². The van der Waals surface area contributed by atoms with Gasteiger partial charge in [-0.15, -0.1) is 0 Å². The number of aromatic nitrogens is 5. The molecule has 4 aromatic rings. The van der Waals surface area contributed by atoms with Gasteiger partial charge < -0.3 is 10.3 Å². The molecule has 3 aromatic heterocycles. The molecular weight excluding hydrogens is 392 g/mol. The highest BCUT2D eigenvalue weighted by molar-refractivity contribution is 5.83. The van der Waals surface area contributed by atoms with Crippen molar-refractivity contribution >= 4 is 16.9 Å². The Morgan fingerprint density at radius 3 is 2.68 bits per heavy atom. The average molecular weight is 419 g/mol. The maximum atomic E-state index is 12.6. The number of benzene rings is 1.